The molecule has 6 heteroatoms. The molecule has 1 aliphatic heterocycles. The van der Waals surface area contributed by atoms with Gasteiger partial charge in [0.25, 0.3) is 0 Å². The lowest BCUT2D eigenvalue weighted by atomic mass is 9.87. The molecule has 1 saturated heterocycles. The van der Waals surface area contributed by atoms with Crippen molar-refractivity contribution in [2.45, 2.75) is 12.0 Å². The van der Waals surface area contributed by atoms with Gasteiger partial charge >= 0.3 is 0 Å². The van der Waals surface area contributed by atoms with Gasteiger partial charge in [0.2, 0.25) is 0 Å². The number of nitrogens with zero attached hydrogens (tertiary/aromatic N) is 1. The number of aromatic amines is 1. The molecule has 0 aliphatic carbocycles. The lowest BCUT2D eigenvalue weighted by Gasteiger charge is -2.38. The van der Waals surface area contributed by atoms with Crippen LogP contribution in [0.5, 0.6) is 0 Å². The SMILES string of the molecule is Clc1csc(CC2(c3ccc(-c4cn[nH]c4)cc3)CNCCO2)c1. The van der Waals surface area contributed by atoms with Gasteiger partial charge in [0.05, 0.1) is 17.8 Å². The van der Waals surface area contributed by atoms with Crippen molar-refractivity contribution in [2.75, 3.05) is 19.7 Å². The summed E-state index contributed by atoms with van der Waals surface area (Å²) >= 11 is 7.78. The van der Waals surface area contributed by atoms with E-state index in [0.29, 0.717) is 6.61 Å². The Kier molecular flexibility index (Phi) is 4.41. The van der Waals surface area contributed by atoms with Crippen LogP contribution < -0.4 is 5.32 Å². The van der Waals surface area contributed by atoms with E-state index in [4.69, 9.17) is 16.3 Å². The molecule has 4 nitrogen and oxygen atoms in total. The first-order valence-electron chi connectivity index (χ1n) is 7.92. The molecule has 4 rings (SSSR count). The maximum absolute atomic E-state index is 6.28. The summed E-state index contributed by atoms with van der Waals surface area (Å²) in [5.74, 6) is 0. The normalized spacial score (nSPS) is 21.0. The van der Waals surface area contributed by atoms with Crippen LogP contribution in [0.1, 0.15) is 10.4 Å². The minimum absolute atomic E-state index is 0.346. The molecule has 1 atom stereocenters. The highest BCUT2D eigenvalue weighted by molar-refractivity contribution is 7.10. The maximum Gasteiger partial charge on any atom is 0.110 e. The summed E-state index contributed by atoms with van der Waals surface area (Å²) in [6.45, 7) is 2.40. The van der Waals surface area contributed by atoms with Gasteiger partial charge in [-0.1, -0.05) is 35.9 Å². The third-order valence-corrected chi connectivity index (χ3v) is 5.68. The molecule has 0 radical (unpaired) electrons. The Labute approximate surface area is 149 Å². The molecule has 1 fully saturated rings. The highest BCUT2D eigenvalue weighted by atomic mass is 35.5. The molecule has 1 unspecified atom stereocenters. The fourth-order valence-electron chi connectivity index (χ4n) is 3.16. The average Bonchev–Trinajstić information content (AvgIpc) is 3.28. The Hall–Kier alpha value is -1.66. The molecule has 1 aromatic carbocycles. The van der Waals surface area contributed by atoms with E-state index < -0.39 is 0 Å². The zero-order valence-corrected chi connectivity index (χ0v) is 14.7. The zero-order valence-electron chi connectivity index (χ0n) is 13.1. The molecular formula is C18H18ClN3OS. The van der Waals surface area contributed by atoms with Gasteiger partial charge in [-0.3, -0.25) is 5.10 Å². The molecule has 2 N–H and O–H groups in total. The predicted molar refractivity (Wildman–Crippen MR) is 97.6 cm³/mol. The molecule has 3 aromatic rings. The summed E-state index contributed by atoms with van der Waals surface area (Å²) in [4.78, 5) is 1.24. The van der Waals surface area contributed by atoms with Gasteiger partial charge in [-0.25, -0.2) is 0 Å². The predicted octanol–water partition coefficient (Wildman–Crippen LogP) is 3.85. The summed E-state index contributed by atoms with van der Waals surface area (Å²) < 4.78 is 6.28. The third kappa shape index (κ3) is 3.13. The van der Waals surface area contributed by atoms with E-state index in [1.54, 1.807) is 11.3 Å². The average molecular weight is 360 g/mol. The van der Waals surface area contributed by atoms with Gasteiger partial charge < -0.3 is 10.1 Å². The third-order valence-electron chi connectivity index (χ3n) is 4.39. The Balaban J connectivity index is 1.65. The minimum atomic E-state index is -0.346. The van der Waals surface area contributed by atoms with Crippen LogP contribution in [0.3, 0.4) is 0 Å². The van der Waals surface area contributed by atoms with Crippen molar-refractivity contribution >= 4 is 22.9 Å². The molecule has 0 saturated carbocycles. The number of ether oxygens (including phenoxy) is 1. The van der Waals surface area contributed by atoms with Crippen LogP contribution >= 0.6 is 22.9 Å². The minimum Gasteiger partial charge on any atom is -0.367 e. The number of morpholine rings is 1. The van der Waals surface area contributed by atoms with Crippen LogP contribution in [0.2, 0.25) is 5.02 Å². The summed E-state index contributed by atoms with van der Waals surface area (Å²) in [5.41, 5.74) is 3.07. The van der Waals surface area contributed by atoms with Gasteiger partial charge in [0.1, 0.15) is 5.60 Å². The van der Waals surface area contributed by atoms with Crippen molar-refractivity contribution in [3.63, 3.8) is 0 Å². The molecule has 2 aromatic heterocycles. The highest BCUT2D eigenvalue weighted by Crippen LogP contribution is 2.35. The summed E-state index contributed by atoms with van der Waals surface area (Å²) in [5, 5.41) is 13.1. The molecule has 1 aliphatic rings. The number of thiophene rings is 1. The number of H-pyrrole nitrogens is 1. The standard InChI is InChI=1S/C18H18ClN3OS/c19-16-7-17(24-11-16)8-18(12-20-5-6-23-18)15-3-1-13(2-4-15)14-9-21-22-10-14/h1-4,7,9-11,20H,5-6,8,12H2,(H,21,22). The van der Waals surface area contributed by atoms with Crippen molar-refractivity contribution in [1.82, 2.24) is 15.5 Å². The van der Waals surface area contributed by atoms with E-state index in [0.717, 1.165) is 35.7 Å². The first-order valence-corrected chi connectivity index (χ1v) is 9.18. The van der Waals surface area contributed by atoms with E-state index in [2.05, 4.69) is 39.8 Å². The number of rotatable bonds is 4. The largest absolute Gasteiger partial charge is 0.367 e. The van der Waals surface area contributed by atoms with Gasteiger partial charge in [0, 0.05) is 41.5 Å². The Morgan fingerprint density at radius 2 is 2.12 bits per heavy atom. The van der Waals surface area contributed by atoms with E-state index in [1.165, 1.54) is 10.4 Å². The maximum atomic E-state index is 6.28. The van der Waals surface area contributed by atoms with Gasteiger partial charge in [0.15, 0.2) is 0 Å². The molecule has 0 bridgehead atoms. The van der Waals surface area contributed by atoms with Crippen LogP contribution in [0, 0.1) is 0 Å². The number of benzene rings is 1. The summed E-state index contributed by atoms with van der Waals surface area (Å²) in [6.07, 6.45) is 4.55. The summed E-state index contributed by atoms with van der Waals surface area (Å²) in [6, 6.07) is 10.6. The smallest absolute Gasteiger partial charge is 0.110 e. The lowest BCUT2D eigenvalue weighted by molar-refractivity contribution is -0.0703. The van der Waals surface area contributed by atoms with Crippen molar-refractivity contribution in [3.05, 3.63) is 63.6 Å². The lowest BCUT2D eigenvalue weighted by Crippen LogP contribution is -2.48. The Morgan fingerprint density at radius 1 is 1.25 bits per heavy atom. The van der Waals surface area contributed by atoms with Crippen LogP contribution in [0.4, 0.5) is 0 Å². The second-order valence-electron chi connectivity index (χ2n) is 5.99. The van der Waals surface area contributed by atoms with E-state index in [1.807, 2.05) is 23.8 Å². The second kappa shape index (κ2) is 6.69. The van der Waals surface area contributed by atoms with E-state index in [-0.39, 0.29) is 5.60 Å². The van der Waals surface area contributed by atoms with Crippen LogP contribution in [-0.2, 0) is 16.8 Å². The monoisotopic (exact) mass is 359 g/mol. The quantitative estimate of drug-likeness (QED) is 0.744. The highest BCUT2D eigenvalue weighted by Gasteiger charge is 2.36. The fraction of sp³-hybridized carbons (Fsp3) is 0.278. The molecular weight excluding hydrogens is 342 g/mol. The van der Waals surface area contributed by atoms with Crippen molar-refractivity contribution in [1.29, 1.82) is 0 Å². The van der Waals surface area contributed by atoms with Gasteiger partial charge in [-0.2, -0.15) is 5.10 Å². The number of aromatic nitrogens is 2. The van der Waals surface area contributed by atoms with E-state index in [9.17, 15) is 0 Å². The first kappa shape index (κ1) is 15.8. The first-order chi connectivity index (χ1) is 11.8. The van der Waals surface area contributed by atoms with Crippen LogP contribution in [0.15, 0.2) is 48.1 Å². The number of hydrogen-bond donors (Lipinski definition) is 2. The Bertz CT molecular complexity index is 792. The topological polar surface area (TPSA) is 49.9 Å². The molecule has 3 heterocycles. The summed E-state index contributed by atoms with van der Waals surface area (Å²) in [7, 11) is 0. The van der Waals surface area contributed by atoms with Gasteiger partial charge in [-0.15, -0.1) is 11.3 Å². The zero-order chi connectivity index (χ0) is 16.4. The fourth-order valence-corrected chi connectivity index (χ4v) is 4.34. The molecule has 0 spiro atoms. The molecule has 124 valence electrons. The number of hydrogen-bond acceptors (Lipinski definition) is 4. The molecule has 24 heavy (non-hydrogen) atoms. The number of nitrogens with one attached hydrogen (secondary N) is 2. The van der Waals surface area contributed by atoms with E-state index >= 15 is 0 Å². The van der Waals surface area contributed by atoms with Gasteiger partial charge in [-0.05, 0) is 17.2 Å². The Morgan fingerprint density at radius 3 is 2.75 bits per heavy atom. The van der Waals surface area contributed by atoms with Crippen molar-refractivity contribution in [3.8, 4) is 11.1 Å². The number of halogens is 1. The van der Waals surface area contributed by atoms with Crippen LogP contribution in [-0.4, -0.2) is 29.9 Å². The molecule has 0 amide bonds. The van der Waals surface area contributed by atoms with Crippen molar-refractivity contribution in [2.24, 2.45) is 0 Å². The second-order valence-corrected chi connectivity index (χ2v) is 7.42. The van der Waals surface area contributed by atoms with Crippen molar-refractivity contribution < 1.29 is 4.74 Å². The van der Waals surface area contributed by atoms with Crippen LogP contribution in [0.25, 0.3) is 11.1 Å².